The summed E-state index contributed by atoms with van der Waals surface area (Å²) in [5.41, 5.74) is 1.35. The largest absolute Gasteiger partial charge is 0.497 e. The minimum absolute atomic E-state index is 0.121. The third kappa shape index (κ3) is 1.69. The molecule has 0 atom stereocenters. The second-order valence-electron chi connectivity index (χ2n) is 2.83. The topological polar surface area (TPSA) is 58.8 Å². The van der Waals surface area contributed by atoms with E-state index in [9.17, 15) is 0 Å². The molecule has 0 bridgehead atoms. The lowest BCUT2D eigenvalue weighted by molar-refractivity contribution is 0.415. The Bertz CT molecular complexity index is 562. The lowest BCUT2D eigenvalue weighted by atomic mass is 10.3. The van der Waals surface area contributed by atoms with E-state index in [1.54, 1.807) is 25.3 Å². The molecule has 2 aromatic rings. The predicted octanol–water partition coefficient (Wildman–Crippen LogP) is 2.16. The number of hydrogen-bond donors (Lipinski definition) is 0. The van der Waals surface area contributed by atoms with Crippen LogP contribution in [0.3, 0.4) is 0 Å². The minimum atomic E-state index is 0.121. The van der Waals surface area contributed by atoms with Crippen LogP contribution in [0.2, 0.25) is 5.15 Å². The summed E-state index contributed by atoms with van der Waals surface area (Å²) in [6.07, 6.45) is 0. The molecule has 1 heterocycles. The van der Waals surface area contributed by atoms with E-state index in [4.69, 9.17) is 21.6 Å². The number of methoxy groups -OCH3 is 1. The van der Waals surface area contributed by atoms with Crippen molar-refractivity contribution in [1.82, 2.24) is 9.97 Å². The fraction of sp³-hybridized carbons (Fsp3) is 0.100. The summed E-state index contributed by atoms with van der Waals surface area (Å²) >= 11 is 5.75. The second-order valence-corrected chi connectivity index (χ2v) is 3.19. The molecule has 0 saturated carbocycles. The Hall–Kier alpha value is -1.86. The summed E-state index contributed by atoms with van der Waals surface area (Å²) in [5.74, 6) is 0.669. The molecule has 2 rings (SSSR count). The maximum Gasteiger partial charge on any atom is 0.178 e. The van der Waals surface area contributed by atoms with E-state index in [0.717, 1.165) is 0 Å². The second kappa shape index (κ2) is 3.71. The molecule has 74 valence electrons. The van der Waals surface area contributed by atoms with Crippen LogP contribution < -0.4 is 4.74 Å². The first-order valence-corrected chi connectivity index (χ1v) is 4.54. The summed E-state index contributed by atoms with van der Waals surface area (Å²) in [7, 11) is 1.57. The number of rotatable bonds is 1. The van der Waals surface area contributed by atoms with Crippen molar-refractivity contribution >= 4 is 22.6 Å². The fourth-order valence-electron chi connectivity index (χ4n) is 1.21. The van der Waals surface area contributed by atoms with Crippen LogP contribution in [0.15, 0.2) is 18.2 Å². The van der Waals surface area contributed by atoms with Crippen molar-refractivity contribution in [1.29, 1.82) is 5.26 Å². The Morgan fingerprint density at radius 2 is 2.13 bits per heavy atom. The van der Waals surface area contributed by atoms with Gasteiger partial charge in [0.1, 0.15) is 11.8 Å². The summed E-state index contributed by atoms with van der Waals surface area (Å²) in [5, 5.41) is 8.86. The number of benzene rings is 1. The van der Waals surface area contributed by atoms with Crippen molar-refractivity contribution in [2.24, 2.45) is 0 Å². The van der Waals surface area contributed by atoms with Gasteiger partial charge >= 0.3 is 0 Å². The normalized spacial score (nSPS) is 9.93. The zero-order valence-electron chi connectivity index (χ0n) is 7.86. The quantitative estimate of drug-likeness (QED) is 0.738. The van der Waals surface area contributed by atoms with Crippen LogP contribution in [0.5, 0.6) is 5.75 Å². The molecule has 0 fully saturated rings. The van der Waals surface area contributed by atoms with Crippen LogP contribution in [0.4, 0.5) is 0 Å². The monoisotopic (exact) mass is 219 g/mol. The highest BCUT2D eigenvalue weighted by Gasteiger charge is 2.06. The number of nitriles is 1. The Morgan fingerprint density at radius 3 is 2.80 bits per heavy atom. The maximum absolute atomic E-state index is 8.74. The Kier molecular flexibility index (Phi) is 2.40. The standard InChI is InChI=1S/C10H6ClN3O/c1-15-6-2-3-7-8(4-6)13-9(5-12)10(11)14-7/h2-4H,1H3. The number of ether oxygens (including phenoxy) is 1. The molecule has 1 aromatic carbocycles. The van der Waals surface area contributed by atoms with Crippen LogP contribution in [-0.4, -0.2) is 17.1 Å². The smallest absolute Gasteiger partial charge is 0.178 e. The average molecular weight is 220 g/mol. The first-order valence-electron chi connectivity index (χ1n) is 4.16. The summed E-state index contributed by atoms with van der Waals surface area (Å²) in [6.45, 7) is 0. The van der Waals surface area contributed by atoms with Gasteiger partial charge in [0.15, 0.2) is 10.8 Å². The average Bonchev–Trinajstić information content (AvgIpc) is 2.27. The van der Waals surface area contributed by atoms with E-state index in [0.29, 0.717) is 16.8 Å². The molecule has 0 aliphatic carbocycles. The zero-order valence-corrected chi connectivity index (χ0v) is 8.62. The molecule has 0 spiro atoms. The molecule has 0 radical (unpaired) electrons. The zero-order chi connectivity index (χ0) is 10.8. The lowest BCUT2D eigenvalue weighted by Crippen LogP contribution is -1.92. The van der Waals surface area contributed by atoms with Gasteiger partial charge in [0, 0.05) is 6.07 Å². The van der Waals surface area contributed by atoms with Crippen molar-refractivity contribution in [3.63, 3.8) is 0 Å². The third-order valence-corrected chi connectivity index (χ3v) is 2.20. The van der Waals surface area contributed by atoms with Gasteiger partial charge in [0.25, 0.3) is 0 Å². The van der Waals surface area contributed by atoms with Crippen molar-refractivity contribution in [3.8, 4) is 11.8 Å². The molecule has 0 aliphatic heterocycles. The van der Waals surface area contributed by atoms with E-state index >= 15 is 0 Å². The highest BCUT2D eigenvalue weighted by molar-refractivity contribution is 6.30. The SMILES string of the molecule is COc1ccc2nc(Cl)c(C#N)nc2c1. The van der Waals surface area contributed by atoms with Gasteiger partial charge in [-0.2, -0.15) is 5.26 Å². The number of aromatic nitrogens is 2. The first kappa shape index (κ1) is 9.69. The van der Waals surface area contributed by atoms with Gasteiger partial charge < -0.3 is 4.74 Å². The van der Waals surface area contributed by atoms with Crippen LogP contribution >= 0.6 is 11.6 Å². The molecule has 0 N–H and O–H groups in total. The van der Waals surface area contributed by atoms with Crippen LogP contribution in [0.1, 0.15) is 5.69 Å². The highest BCUT2D eigenvalue weighted by atomic mass is 35.5. The Balaban J connectivity index is 2.72. The minimum Gasteiger partial charge on any atom is -0.497 e. The molecule has 1 aromatic heterocycles. The summed E-state index contributed by atoms with van der Waals surface area (Å²) < 4.78 is 5.04. The molecule has 5 heteroatoms. The van der Waals surface area contributed by atoms with Crippen LogP contribution in [0.25, 0.3) is 11.0 Å². The molecular formula is C10H6ClN3O. The van der Waals surface area contributed by atoms with Gasteiger partial charge in [-0.1, -0.05) is 11.6 Å². The maximum atomic E-state index is 8.74. The van der Waals surface area contributed by atoms with Crippen molar-refractivity contribution in [3.05, 3.63) is 29.0 Å². The van der Waals surface area contributed by atoms with E-state index in [-0.39, 0.29) is 10.8 Å². The molecule has 0 saturated heterocycles. The highest BCUT2D eigenvalue weighted by Crippen LogP contribution is 2.20. The number of nitrogens with zero attached hydrogens (tertiary/aromatic N) is 3. The van der Waals surface area contributed by atoms with E-state index in [2.05, 4.69) is 9.97 Å². The third-order valence-electron chi connectivity index (χ3n) is 1.93. The lowest BCUT2D eigenvalue weighted by Gasteiger charge is -2.02. The molecule has 4 nitrogen and oxygen atoms in total. The van der Waals surface area contributed by atoms with Crippen molar-refractivity contribution < 1.29 is 4.74 Å². The Morgan fingerprint density at radius 1 is 1.33 bits per heavy atom. The van der Waals surface area contributed by atoms with Crippen molar-refractivity contribution in [2.75, 3.05) is 7.11 Å². The van der Waals surface area contributed by atoms with Crippen molar-refractivity contribution in [2.45, 2.75) is 0 Å². The van der Waals surface area contributed by atoms with Crippen LogP contribution in [0, 0.1) is 11.3 Å². The van der Waals surface area contributed by atoms with Gasteiger partial charge in [0.05, 0.1) is 18.1 Å². The van der Waals surface area contributed by atoms with E-state index in [1.807, 2.05) is 6.07 Å². The van der Waals surface area contributed by atoms with E-state index < -0.39 is 0 Å². The summed E-state index contributed by atoms with van der Waals surface area (Å²) in [4.78, 5) is 8.11. The Labute approximate surface area is 91.1 Å². The molecule has 0 unspecified atom stereocenters. The first-order chi connectivity index (χ1) is 7.24. The fourth-order valence-corrected chi connectivity index (χ4v) is 1.39. The van der Waals surface area contributed by atoms with Gasteiger partial charge in [-0.25, -0.2) is 9.97 Å². The molecule has 0 aliphatic rings. The van der Waals surface area contributed by atoms with Gasteiger partial charge in [-0.15, -0.1) is 0 Å². The number of fused-ring (bicyclic) bond motifs is 1. The van der Waals surface area contributed by atoms with Gasteiger partial charge in [0.2, 0.25) is 0 Å². The summed E-state index contributed by atoms with van der Waals surface area (Å²) in [6, 6.07) is 7.09. The molecule has 0 amide bonds. The van der Waals surface area contributed by atoms with E-state index in [1.165, 1.54) is 0 Å². The molecule has 15 heavy (non-hydrogen) atoms. The number of hydrogen-bond acceptors (Lipinski definition) is 4. The van der Waals surface area contributed by atoms with Crippen LogP contribution in [-0.2, 0) is 0 Å². The predicted molar refractivity (Wildman–Crippen MR) is 55.8 cm³/mol. The van der Waals surface area contributed by atoms with Gasteiger partial charge in [-0.05, 0) is 12.1 Å². The molecular weight excluding hydrogens is 214 g/mol. The van der Waals surface area contributed by atoms with Gasteiger partial charge in [-0.3, -0.25) is 0 Å². The number of halogens is 1.